The quantitative estimate of drug-likeness (QED) is 0.187. The molecule has 7 nitrogen and oxygen atoms in total. The molecule has 3 rings (SSSR count). The van der Waals surface area contributed by atoms with Gasteiger partial charge in [0.05, 0.1) is 13.2 Å². The van der Waals surface area contributed by atoms with Gasteiger partial charge in [0.15, 0.2) is 5.96 Å². The Morgan fingerprint density at radius 3 is 2.59 bits per heavy atom. The van der Waals surface area contributed by atoms with Crippen molar-refractivity contribution in [3.05, 3.63) is 29.8 Å². The molecule has 1 atom stereocenters. The Kier molecular flexibility index (Phi) is 12.2. The van der Waals surface area contributed by atoms with Crippen molar-refractivity contribution in [1.82, 2.24) is 15.5 Å². The second-order valence-electron chi connectivity index (χ2n) is 8.56. The van der Waals surface area contributed by atoms with Crippen LogP contribution in [0.4, 0.5) is 5.69 Å². The number of nitrogens with zero attached hydrogens (tertiary/aromatic N) is 2. The van der Waals surface area contributed by atoms with Gasteiger partial charge in [0.1, 0.15) is 0 Å². The number of hydrogen-bond donors (Lipinski definition) is 3. The number of nitrogens with one attached hydrogen (secondary N) is 3. The number of ether oxygens (including phenoxy) is 1. The standard InChI is InChI=1S/C24H39N5O2.HI/c1-3-25-24(27-17-19-9-11-21(12-10-19)26-14-16-31-2)28-22-13-15-29(18-22)23(30)20-7-5-4-6-8-20;/h9-12,20,22,26H,3-8,13-18H2,1-2H3,(H2,25,27,28);1H. The summed E-state index contributed by atoms with van der Waals surface area (Å²) in [5.74, 6) is 1.44. The van der Waals surface area contributed by atoms with Crippen molar-refractivity contribution in [3.63, 3.8) is 0 Å². The number of aliphatic imine (C=N–C) groups is 1. The first-order valence-electron chi connectivity index (χ1n) is 11.8. The first-order chi connectivity index (χ1) is 15.2. The third kappa shape index (κ3) is 8.42. The minimum atomic E-state index is 0. The molecule has 2 fully saturated rings. The maximum Gasteiger partial charge on any atom is 0.225 e. The average molecular weight is 558 g/mol. The lowest BCUT2D eigenvalue weighted by atomic mass is 9.88. The molecule has 8 heteroatoms. The number of benzene rings is 1. The molecule has 0 bridgehead atoms. The zero-order valence-corrected chi connectivity index (χ0v) is 21.9. The van der Waals surface area contributed by atoms with E-state index in [9.17, 15) is 4.79 Å². The number of carbonyl (C=O) groups is 1. The fourth-order valence-corrected chi connectivity index (χ4v) is 4.40. The summed E-state index contributed by atoms with van der Waals surface area (Å²) < 4.78 is 5.06. The van der Waals surface area contributed by atoms with Crippen molar-refractivity contribution in [2.24, 2.45) is 10.9 Å². The Hall–Kier alpha value is -1.55. The number of hydrogen-bond acceptors (Lipinski definition) is 4. The van der Waals surface area contributed by atoms with Gasteiger partial charge in [-0.15, -0.1) is 24.0 Å². The minimum Gasteiger partial charge on any atom is -0.383 e. The van der Waals surface area contributed by atoms with Crippen LogP contribution in [0.3, 0.4) is 0 Å². The molecular formula is C24H40IN5O2. The first-order valence-corrected chi connectivity index (χ1v) is 11.8. The largest absolute Gasteiger partial charge is 0.383 e. The van der Waals surface area contributed by atoms with Crippen molar-refractivity contribution < 1.29 is 9.53 Å². The highest BCUT2D eigenvalue weighted by Crippen LogP contribution is 2.26. The predicted octanol–water partition coefficient (Wildman–Crippen LogP) is 3.60. The SMILES string of the molecule is CCNC(=NCc1ccc(NCCOC)cc1)NC1CCN(C(=O)C2CCCCC2)C1.I. The molecule has 0 radical (unpaired) electrons. The van der Waals surface area contributed by atoms with Crippen molar-refractivity contribution in [1.29, 1.82) is 0 Å². The molecule has 0 spiro atoms. The summed E-state index contributed by atoms with van der Waals surface area (Å²) in [7, 11) is 1.70. The van der Waals surface area contributed by atoms with Crippen molar-refractivity contribution >= 4 is 41.5 Å². The number of methoxy groups -OCH3 is 1. The van der Waals surface area contributed by atoms with E-state index < -0.39 is 0 Å². The van der Waals surface area contributed by atoms with Gasteiger partial charge in [0.2, 0.25) is 5.91 Å². The van der Waals surface area contributed by atoms with Gasteiger partial charge in [-0.3, -0.25) is 4.79 Å². The van der Waals surface area contributed by atoms with Crippen LogP contribution in [0.1, 0.15) is 51.0 Å². The summed E-state index contributed by atoms with van der Waals surface area (Å²) >= 11 is 0. The number of rotatable bonds is 9. The van der Waals surface area contributed by atoms with Crippen molar-refractivity contribution in [2.45, 2.75) is 58.0 Å². The van der Waals surface area contributed by atoms with Crippen LogP contribution in [0.25, 0.3) is 0 Å². The highest BCUT2D eigenvalue weighted by atomic mass is 127. The summed E-state index contributed by atoms with van der Waals surface area (Å²) in [6, 6.07) is 8.61. The van der Waals surface area contributed by atoms with Gasteiger partial charge in [-0.2, -0.15) is 0 Å². The highest BCUT2D eigenvalue weighted by molar-refractivity contribution is 14.0. The van der Waals surface area contributed by atoms with E-state index in [4.69, 9.17) is 9.73 Å². The molecule has 1 aromatic carbocycles. The molecule has 2 aliphatic rings. The number of likely N-dealkylation sites (tertiary alicyclic amines) is 1. The van der Waals surface area contributed by atoms with Crippen LogP contribution in [0.15, 0.2) is 29.3 Å². The van der Waals surface area contributed by atoms with E-state index in [1.807, 2.05) is 0 Å². The summed E-state index contributed by atoms with van der Waals surface area (Å²) in [6.45, 7) is 6.62. The highest BCUT2D eigenvalue weighted by Gasteiger charge is 2.31. The summed E-state index contributed by atoms with van der Waals surface area (Å²) in [5, 5.41) is 10.2. The maximum absolute atomic E-state index is 12.8. The Labute approximate surface area is 210 Å². The van der Waals surface area contributed by atoms with Crippen LogP contribution in [0.2, 0.25) is 0 Å². The number of halogens is 1. The Bertz CT molecular complexity index is 707. The van der Waals surface area contributed by atoms with Crippen LogP contribution in [-0.4, -0.2) is 62.7 Å². The third-order valence-electron chi connectivity index (χ3n) is 6.15. The van der Waals surface area contributed by atoms with Gasteiger partial charge < -0.3 is 25.6 Å². The number of carbonyl (C=O) groups excluding carboxylic acids is 1. The molecular weight excluding hydrogens is 517 g/mol. The zero-order valence-electron chi connectivity index (χ0n) is 19.6. The van der Waals surface area contributed by atoms with Crippen LogP contribution in [0, 0.1) is 5.92 Å². The van der Waals surface area contributed by atoms with E-state index in [-0.39, 0.29) is 35.9 Å². The molecule has 1 aromatic rings. The number of guanidine groups is 1. The zero-order chi connectivity index (χ0) is 21.9. The lowest BCUT2D eigenvalue weighted by Crippen LogP contribution is -2.45. The maximum atomic E-state index is 12.8. The van der Waals surface area contributed by atoms with E-state index in [1.165, 1.54) is 19.3 Å². The Morgan fingerprint density at radius 1 is 1.16 bits per heavy atom. The van der Waals surface area contributed by atoms with Gasteiger partial charge in [-0.25, -0.2) is 4.99 Å². The van der Waals surface area contributed by atoms with Gasteiger partial charge in [-0.1, -0.05) is 31.4 Å². The van der Waals surface area contributed by atoms with Crippen LogP contribution in [-0.2, 0) is 16.1 Å². The van der Waals surface area contributed by atoms with Crippen molar-refractivity contribution in [3.8, 4) is 0 Å². The van der Waals surface area contributed by atoms with Crippen LogP contribution < -0.4 is 16.0 Å². The summed E-state index contributed by atoms with van der Waals surface area (Å²) in [4.78, 5) is 19.6. The molecule has 1 heterocycles. The van der Waals surface area contributed by atoms with E-state index in [1.54, 1.807) is 7.11 Å². The third-order valence-corrected chi connectivity index (χ3v) is 6.15. The molecule has 1 saturated heterocycles. The molecule has 1 unspecified atom stereocenters. The normalized spacial score (nSPS) is 19.4. The summed E-state index contributed by atoms with van der Waals surface area (Å²) in [6.07, 6.45) is 6.80. The number of amides is 1. The van der Waals surface area contributed by atoms with Gasteiger partial charge >= 0.3 is 0 Å². The van der Waals surface area contributed by atoms with Gasteiger partial charge in [0.25, 0.3) is 0 Å². The van der Waals surface area contributed by atoms with E-state index in [2.05, 4.69) is 52.0 Å². The molecule has 0 aromatic heterocycles. The van der Waals surface area contributed by atoms with E-state index in [0.717, 1.165) is 62.7 Å². The van der Waals surface area contributed by atoms with E-state index >= 15 is 0 Å². The van der Waals surface area contributed by atoms with Crippen LogP contribution >= 0.6 is 24.0 Å². The Balaban J connectivity index is 0.00000363. The molecule has 180 valence electrons. The van der Waals surface area contributed by atoms with Crippen LogP contribution in [0.5, 0.6) is 0 Å². The Morgan fingerprint density at radius 2 is 1.91 bits per heavy atom. The van der Waals surface area contributed by atoms with Crippen molar-refractivity contribution in [2.75, 3.05) is 45.2 Å². The lowest BCUT2D eigenvalue weighted by molar-refractivity contribution is -0.135. The van der Waals surface area contributed by atoms with Gasteiger partial charge in [0, 0.05) is 50.9 Å². The molecule has 1 aliphatic heterocycles. The minimum absolute atomic E-state index is 0. The number of anilines is 1. The first kappa shape index (κ1) is 26.7. The lowest BCUT2D eigenvalue weighted by Gasteiger charge is -2.26. The molecule has 1 aliphatic carbocycles. The predicted molar refractivity (Wildman–Crippen MR) is 142 cm³/mol. The summed E-state index contributed by atoms with van der Waals surface area (Å²) in [5.41, 5.74) is 2.25. The molecule has 3 N–H and O–H groups in total. The van der Waals surface area contributed by atoms with Gasteiger partial charge in [-0.05, 0) is 43.9 Å². The molecule has 32 heavy (non-hydrogen) atoms. The average Bonchev–Trinajstić information content (AvgIpc) is 3.27. The second-order valence-corrected chi connectivity index (χ2v) is 8.56. The molecule has 1 saturated carbocycles. The fourth-order valence-electron chi connectivity index (χ4n) is 4.40. The fraction of sp³-hybridized carbons (Fsp3) is 0.667. The second kappa shape index (κ2) is 14.6. The monoisotopic (exact) mass is 557 g/mol. The smallest absolute Gasteiger partial charge is 0.225 e. The van der Waals surface area contributed by atoms with E-state index in [0.29, 0.717) is 19.1 Å². The topological polar surface area (TPSA) is 78.0 Å². The molecule has 1 amide bonds.